The smallest absolute Gasteiger partial charge is 0.143 e. The molecule has 1 heteroatoms. The van der Waals surface area contributed by atoms with E-state index >= 15 is 0 Å². The SMILES string of the molecule is c1cc2c3c(cccc3c1)-c1c-2oc2ccc(-c3ccc(-c4ccc5c6ccccc6c6ccccc6c5c4)cc3)cc12. The van der Waals surface area contributed by atoms with E-state index in [1.807, 2.05) is 0 Å². The van der Waals surface area contributed by atoms with Gasteiger partial charge in [0.2, 0.25) is 0 Å². The van der Waals surface area contributed by atoms with E-state index in [9.17, 15) is 0 Å². The van der Waals surface area contributed by atoms with Crippen molar-refractivity contribution in [1.82, 2.24) is 0 Å². The predicted octanol–water partition coefficient (Wildman–Crippen LogP) is 12.0. The fourth-order valence-electron chi connectivity index (χ4n) is 7.42. The summed E-state index contributed by atoms with van der Waals surface area (Å²) in [7, 11) is 0. The van der Waals surface area contributed by atoms with Crippen molar-refractivity contribution in [2.75, 3.05) is 0 Å². The highest BCUT2D eigenvalue weighted by Crippen LogP contribution is 2.52. The molecule has 0 spiro atoms. The number of fused-ring (bicyclic) bond motifs is 11. The monoisotopic (exact) mass is 544 g/mol. The van der Waals surface area contributed by atoms with Gasteiger partial charge in [-0.2, -0.15) is 0 Å². The van der Waals surface area contributed by atoms with Crippen LogP contribution in [0.3, 0.4) is 0 Å². The summed E-state index contributed by atoms with van der Waals surface area (Å²) < 4.78 is 6.44. The Hall–Kier alpha value is -5.66. The number of furan rings is 1. The second-order valence-corrected chi connectivity index (χ2v) is 11.7. The Morgan fingerprint density at radius 2 is 0.860 bits per heavy atom. The summed E-state index contributed by atoms with van der Waals surface area (Å²) in [6, 6.07) is 53.1. The number of benzene rings is 8. The lowest BCUT2D eigenvalue weighted by molar-refractivity contribution is 0.634. The molecule has 0 aliphatic heterocycles. The molecule has 10 rings (SSSR count). The third-order valence-corrected chi connectivity index (χ3v) is 9.40. The fourth-order valence-corrected chi connectivity index (χ4v) is 7.42. The zero-order valence-electron chi connectivity index (χ0n) is 23.3. The maximum absolute atomic E-state index is 6.44. The van der Waals surface area contributed by atoms with Crippen molar-refractivity contribution in [3.63, 3.8) is 0 Å². The molecular weight excluding hydrogens is 520 g/mol. The molecule has 0 saturated carbocycles. The molecule has 1 heterocycles. The van der Waals surface area contributed by atoms with Crippen molar-refractivity contribution in [3.05, 3.63) is 146 Å². The first-order valence-electron chi connectivity index (χ1n) is 14.8. The molecule has 0 saturated heterocycles. The second kappa shape index (κ2) is 8.44. The molecule has 1 nitrogen and oxygen atoms in total. The van der Waals surface area contributed by atoms with E-state index in [4.69, 9.17) is 4.42 Å². The van der Waals surface area contributed by atoms with Crippen LogP contribution in [-0.2, 0) is 0 Å². The lowest BCUT2D eigenvalue weighted by Gasteiger charge is -2.12. The highest BCUT2D eigenvalue weighted by Gasteiger charge is 2.27. The van der Waals surface area contributed by atoms with Crippen molar-refractivity contribution in [2.24, 2.45) is 0 Å². The third kappa shape index (κ3) is 3.17. The molecule has 0 atom stereocenters. The number of hydrogen-bond donors (Lipinski definition) is 0. The van der Waals surface area contributed by atoms with Crippen molar-refractivity contribution in [2.45, 2.75) is 0 Å². The lowest BCUT2D eigenvalue weighted by Crippen LogP contribution is -1.85. The van der Waals surface area contributed by atoms with Gasteiger partial charge in [-0.3, -0.25) is 0 Å². The molecule has 1 aliphatic rings. The zero-order valence-corrected chi connectivity index (χ0v) is 23.3. The van der Waals surface area contributed by atoms with E-state index in [1.54, 1.807) is 0 Å². The number of hydrogen-bond acceptors (Lipinski definition) is 1. The maximum Gasteiger partial charge on any atom is 0.143 e. The third-order valence-electron chi connectivity index (χ3n) is 9.40. The first kappa shape index (κ1) is 23.0. The molecule has 0 unspecified atom stereocenters. The van der Waals surface area contributed by atoms with E-state index in [2.05, 4.69) is 146 Å². The first-order chi connectivity index (χ1) is 21.3. The van der Waals surface area contributed by atoms with Crippen LogP contribution < -0.4 is 0 Å². The average Bonchev–Trinajstić information content (AvgIpc) is 3.61. The molecule has 1 aliphatic carbocycles. The van der Waals surface area contributed by atoms with Crippen molar-refractivity contribution >= 4 is 54.1 Å². The minimum Gasteiger partial charge on any atom is -0.455 e. The Morgan fingerprint density at radius 1 is 0.349 bits per heavy atom. The van der Waals surface area contributed by atoms with Gasteiger partial charge in [0.15, 0.2) is 0 Å². The van der Waals surface area contributed by atoms with Gasteiger partial charge < -0.3 is 4.42 Å². The normalized spacial score (nSPS) is 12.2. The Kier molecular flexibility index (Phi) is 4.51. The summed E-state index contributed by atoms with van der Waals surface area (Å²) in [5.41, 5.74) is 9.47. The summed E-state index contributed by atoms with van der Waals surface area (Å²) in [5.74, 6) is 0.992. The minimum absolute atomic E-state index is 0.938. The molecule has 8 aromatic carbocycles. The molecule has 0 amide bonds. The van der Waals surface area contributed by atoms with Crippen molar-refractivity contribution in [3.8, 4) is 44.7 Å². The zero-order chi connectivity index (χ0) is 28.1. The van der Waals surface area contributed by atoms with Crippen molar-refractivity contribution in [1.29, 1.82) is 0 Å². The Morgan fingerprint density at radius 3 is 1.51 bits per heavy atom. The topological polar surface area (TPSA) is 13.1 Å². The van der Waals surface area contributed by atoms with Crippen LogP contribution in [0.2, 0.25) is 0 Å². The fraction of sp³-hybridized carbons (Fsp3) is 0. The van der Waals surface area contributed by atoms with Crippen LogP contribution in [0.5, 0.6) is 0 Å². The van der Waals surface area contributed by atoms with Gasteiger partial charge in [-0.05, 0) is 83.7 Å². The van der Waals surface area contributed by atoms with Crippen LogP contribution in [0.4, 0.5) is 0 Å². The van der Waals surface area contributed by atoms with E-state index in [0.29, 0.717) is 0 Å². The van der Waals surface area contributed by atoms with Gasteiger partial charge in [0.25, 0.3) is 0 Å². The summed E-state index contributed by atoms with van der Waals surface area (Å²) in [6.07, 6.45) is 0. The van der Waals surface area contributed by atoms with Crippen LogP contribution in [0.1, 0.15) is 0 Å². The van der Waals surface area contributed by atoms with Gasteiger partial charge in [-0.1, -0.05) is 127 Å². The lowest BCUT2D eigenvalue weighted by atomic mass is 9.91. The van der Waals surface area contributed by atoms with Crippen molar-refractivity contribution < 1.29 is 4.42 Å². The molecule has 0 fully saturated rings. The van der Waals surface area contributed by atoms with Gasteiger partial charge in [-0.25, -0.2) is 0 Å². The molecular formula is C42H24O. The Labute approximate surface area is 248 Å². The van der Waals surface area contributed by atoms with Crippen LogP contribution in [0.25, 0.3) is 98.8 Å². The molecule has 0 radical (unpaired) electrons. The van der Waals surface area contributed by atoms with Crippen LogP contribution in [0, 0.1) is 0 Å². The highest BCUT2D eigenvalue weighted by molar-refractivity contribution is 6.26. The van der Waals surface area contributed by atoms with E-state index < -0.39 is 0 Å². The molecule has 9 aromatic rings. The molecule has 0 N–H and O–H groups in total. The largest absolute Gasteiger partial charge is 0.455 e. The first-order valence-corrected chi connectivity index (χ1v) is 14.8. The summed E-state index contributed by atoms with van der Waals surface area (Å²) in [4.78, 5) is 0. The Balaban J connectivity index is 1.08. The van der Waals surface area contributed by atoms with Crippen LogP contribution >= 0.6 is 0 Å². The molecule has 0 bridgehead atoms. The standard InChI is InChI=1S/C42H24O/c1-2-11-32-30(9-1)31-10-3-4-12-33(31)37-23-28(19-21-34(32)37)25-15-17-26(18-16-25)29-20-22-39-38(24-29)41-35-13-5-7-27-8-6-14-36(40(27)35)42(41)43-39/h1-24H. The second-order valence-electron chi connectivity index (χ2n) is 11.7. The van der Waals surface area contributed by atoms with Crippen LogP contribution in [-0.4, -0.2) is 0 Å². The van der Waals surface area contributed by atoms with Crippen LogP contribution in [0.15, 0.2) is 150 Å². The maximum atomic E-state index is 6.44. The minimum atomic E-state index is 0.938. The van der Waals surface area contributed by atoms with E-state index in [0.717, 1.165) is 11.3 Å². The molecule has 43 heavy (non-hydrogen) atoms. The highest BCUT2D eigenvalue weighted by atomic mass is 16.3. The molecule has 198 valence electrons. The summed E-state index contributed by atoms with van der Waals surface area (Å²) in [5, 5.41) is 11.5. The average molecular weight is 545 g/mol. The summed E-state index contributed by atoms with van der Waals surface area (Å²) in [6.45, 7) is 0. The van der Waals surface area contributed by atoms with E-state index in [-0.39, 0.29) is 0 Å². The van der Waals surface area contributed by atoms with Gasteiger partial charge in [0.05, 0.1) is 0 Å². The number of rotatable bonds is 2. The van der Waals surface area contributed by atoms with Gasteiger partial charge >= 0.3 is 0 Å². The van der Waals surface area contributed by atoms with E-state index in [1.165, 1.54) is 87.4 Å². The summed E-state index contributed by atoms with van der Waals surface area (Å²) >= 11 is 0. The van der Waals surface area contributed by atoms with Gasteiger partial charge in [-0.15, -0.1) is 0 Å². The molecule has 1 aromatic heterocycles. The quantitative estimate of drug-likeness (QED) is 0.197. The predicted molar refractivity (Wildman–Crippen MR) is 182 cm³/mol. The van der Waals surface area contributed by atoms with Gasteiger partial charge in [0.1, 0.15) is 11.3 Å². The Bertz CT molecular complexity index is 2560. The van der Waals surface area contributed by atoms with Gasteiger partial charge in [0, 0.05) is 21.9 Å².